The number of ether oxygens (including phenoxy) is 2. The Bertz CT molecular complexity index is 672. The van der Waals surface area contributed by atoms with E-state index >= 15 is 0 Å². The lowest BCUT2D eigenvalue weighted by Gasteiger charge is -2.13. The molecule has 1 aliphatic heterocycles. The van der Waals surface area contributed by atoms with Gasteiger partial charge in [-0.3, -0.25) is 4.79 Å². The molecule has 144 valence electrons. The van der Waals surface area contributed by atoms with Crippen LogP contribution in [0.4, 0.5) is 5.69 Å². The van der Waals surface area contributed by atoms with Crippen molar-refractivity contribution in [1.82, 2.24) is 14.8 Å². The van der Waals surface area contributed by atoms with Crippen LogP contribution in [0.1, 0.15) is 12.8 Å². The van der Waals surface area contributed by atoms with Gasteiger partial charge in [-0.25, -0.2) is 9.67 Å². The number of rotatable bonds is 7. The second-order valence-corrected chi connectivity index (χ2v) is 5.58. The van der Waals surface area contributed by atoms with Gasteiger partial charge in [-0.1, -0.05) is 6.07 Å². The second kappa shape index (κ2) is 11.0. The van der Waals surface area contributed by atoms with Gasteiger partial charge in [-0.05, 0) is 25.0 Å². The van der Waals surface area contributed by atoms with Crippen molar-refractivity contribution in [3.8, 4) is 5.75 Å². The maximum atomic E-state index is 12.2. The number of hydrogen-bond acceptors (Lipinski definition) is 6. The van der Waals surface area contributed by atoms with Crippen molar-refractivity contribution in [2.24, 2.45) is 5.73 Å². The number of nitrogens with two attached hydrogens (primary N) is 1. The molecule has 0 aliphatic carbocycles. The zero-order valence-electron chi connectivity index (χ0n) is 14.1. The summed E-state index contributed by atoms with van der Waals surface area (Å²) in [6.45, 7) is 1.51. The highest BCUT2D eigenvalue weighted by molar-refractivity contribution is 5.94. The van der Waals surface area contributed by atoms with E-state index in [0.29, 0.717) is 37.6 Å². The van der Waals surface area contributed by atoms with Gasteiger partial charge in [0.1, 0.15) is 31.1 Å². The van der Waals surface area contributed by atoms with Crippen molar-refractivity contribution in [3.63, 3.8) is 0 Å². The molecule has 0 bridgehead atoms. The van der Waals surface area contributed by atoms with E-state index in [1.54, 1.807) is 17.1 Å². The number of aromatic nitrogens is 3. The Balaban J connectivity index is 0.00000169. The molecular weight excluding hydrogens is 381 g/mol. The van der Waals surface area contributed by atoms with E-state index in [2.05, 4.69) is 15.4 Å². The van der Waals surface area contributed by atoms with Crippen molar-refractivity contribution in [3.05, 3.63) is 36.9 Å². The first-order valence-electron chi connectivity index (χ1n) is 7.96. The fourth-order valence-electron chi connectivity index (χ4n) is 2.56. The van der Waals surface area contributed by atoms with Gasteiger partial charge < -0.3 is 20.5 Å². The first-order chi connectivity index (χ1) is 11.7. The molecule has 2 heterocycles. The molecule has 1 aromatic heterocycles. The minimum atomic E-state index is -0.435. The number of nitrogens with zero attached hydrogens (tertiary/aromatic N) is 3. The Labute approximate surface area is 164 Å². The van der Waals surface area contributed by atoms with Gasteiger partial charge in [0.2, 0.25) is 0 Å². The summed E-state index contributed by atoms with van der Waals surface area (Å²) in [5.74, 6) is 0.533. The van der Waals surface area contributed by atoms with Gasteiger partial charge in [-0.2, -0.15) is 5.10 Å². The SMILES string of the molecule is Cl.Cl.NC[C@H]1CC[C@@H](C(=O)Nc2cccc(OCCn3cncn3)c2)O1. The second-order valence-electron chi connectivity index (χ2n) is 5.58. The zero-order chi connectivity index (χ0) is 16.8. The third kappa shape index (κ3) is 6.14. The summed E-state index contributed by atoms with van der Waals surface area (Å²) >= 11 is 0. The maximum Gasteiger partial charge on any atom is 0.253 e. The number of amides is 1. The van der Waals surface area contributed by atoms with Crippen LogP contribution in [0.5, 0.6) is 5.75 Å². The van der Waals surface area contributed by atoms with Crippen LogP contribution in [0.2, 0.25) is 0 Å². The Morgan fingerprint density at radius 2 is 2.23 bits per heavy atom. The predicted molar refractivity (Wildman–Crippen MR) is 102 cm³/mol. The highest BCUT2D eigenvalue weighted by Crippen LogP contribution is 2.22. The standard InChI is InChI=1S/C16H21N5O3.2ClH/c17-9-14-4-5-15(24-14)16(22)20-12-2-1-3-13(8-12)23-7-6-21-11-18-10-19-21;;/h1-3,8,10-11,14-15H,4-7,9,17H2,(H,20,22);2*1H/t14-,15+;;/m1../s1. The fraction of sp³-hybridized carbons (Fsp3) is 0.438. The van der Waals surface area contributed by atoms with Crippen LogP contribution in [-0.4, -0.2) is 46.0 Å². The summed E-state index contributed by atoms with van der Waals surface area (Å²) in [5, 5.41) is 6.87. The van der Waals surface area contributed by atoms with Crippen LogP contribution in [0.15, 0.2) is 36.9 Å². The molecule has 2 aromatic rings. The van der Waals surface area contributed by atoms with E-state index < -0.39 is 6.10 Å². The molecule has 8 nitrogen and oxygen atoms in total. The summed E-state index contributed by atoms with van der Waals surface area (Å²) in [6.07, 6.45) is 4.18. The minimum Gasteiger partial charge on any atom is -0.492 e. The number of carbonyl (C=O) groups is 1. The van der Waals surface area contributed by atoms with Gasteiger partial charge in [0.05, 0.1) is 12.6 Å². The Kier molecular flexibility index (Phi) is 9.36. The summed E-state index contributed by atoms with van der Waals surface area (Å²) < 4.78 is 13.0. The summed E-state index contributed by atoms with van der Waals surface area (Å²) in [6, 6.07) is 7.28. The summed E-state index contributed by atoms with van der Waals surface area (Å²) in [7, 11) is 0. The van der Waals surface area contributed by atoms with Gasteiger partial charge in [0.15, 0.2) is 0 Å². The molecule has 2 atom stereocenters. The predicted octanol–water partition coefficient (Wildman–Crippen LogP) is 1.65. The number of benzene rings is 1. The van der Waals surface area contributed by atoms with Gasteiger partial charge in [0, 0.05) is 18.3 Å². The first kappa shape index (κ1) is 22.2. The highest BCUT2D eigenvalue weighted by atomic mass is 35.5. The van der Waals surface area contributed by atoms with E-state index in [-0.39, 0.29) is 36.8 Å². The van der Waals surface area contributed by atoms with E-state index in [9.17, 15) is 4.79 Å². The average Bonchev–Trinajstić information content (AvgIpc) is 3.27. The molecule has 0 unspecified atom stereocenters. The van der Waals surface area contributed by atoms with Gasteiger partial charge in [0.25, 0.3) is 5.91 Å². The molecule has 1 aliphatic rings. The fourth-order valence-corrected chi connectivity index (χ4v) is 2.56. The zero-order valence-corrected chi connectivity index (χ0v) is 15.7. The van der Waals surface area contributed by atoms with E-state index in [4.69, 9.17) is 15.2 Å². The van der Waals surface area contributed by atoms with Crippen LogP contribution in [0, 0.1) is 0 Å². The third-order valence-corrected chi connectivity index (χ3v) is 3.82. The maximum absolute atomic E-state index is 12.2. The highest BCUT2D eigenvalue weighted by Gasteiger charge is 2.29. The first-order valence-corrected chi connectivity index (χ1v) is 7.96. The third-order valence-electron chi connectivity index (χ3n) is 3.82. The van der Waals surface area contributed by atoms with E-state index in [1.807, 2.05) is 18.2 Å². The van der Waals surface area contributed by atoms with Crippen LogP contribution in [-0.2, 0) is 16.1 Å². The monoisotopic (exact) mass is 403 g/mol. The molecule has 10 heteroatoms. The molecule has 0 spiro atoms. The molecule has 1 amide bonds. The van der Waals surface area contributed by atoms with E-state index in [1.165, 1.54) is 6.33 Å². The van der Waals surface area contributed by atoms with Crippen LogP contribution in [0.25, 0.3) is 0 Å². The van der Waals surface area contributed by atoms with Crippen molar-refractivity contribution >= 4 is 36.4 Å². The molecule has 1 fully saturated rings. The molecule has 3 rings (SSSR count). The summed E-state index contributed by atoms with van der Waals surface area (Å²) in [4.78, 5) is 16.1. The van der Waals surface area contributed by atoms with Gasteiger partial charge in [-0.15, -0.1) is 24.8 Å². The normalized spacial score (nSPS) is 18.5. The molecular formula is C16H23Cl2N5O3. The largest absolute Gasteiger partial charge is 0.492 e. The lowest BCUT2D eigenvalue weighted by molar-refractivity contribution is -0.126. The Morgan fingerprint density at radius 1 is 1.38 bits per heavy atom. The van der Waals surface area contributed by atoms with Gasteiger partial charge >= 0.3 is 0 Å². The van der Waals surface area contributed by atoms with Crippen molar-refractivity contribution < 1.29 is 14.3 Å². The number of anilines is 1. The molecule has 0 radical (unpaired) electrons. The van der Waals surface area contributed by atoms with Crippen LogP contribution >= 0.6 is 24.8 Å². The number of nitrogens with one attached hydrogen (secondary N) is 1. The molecule has 0 saturated carbocycles. The summed E-state index contributed by atoms with van der Waals surface area (Å²) in [5.41, 5.74) is 6.25. The smallest absolute Gasteiger partial charge is 0.253 e. The topological polar surface area (TPSA) is 104 Å². The van der Waals surface area contributed by atoms with E-state index in [0.717, 1.165) is 6.42 Å². The molecule has 3 N–H and O–H groups in total. The Hall–Kier alpha value is -1.87. The number of hydrogen-bond donors (Lipinski definition) is 2. The van der Waals surface area contributed by atoms with Crippen LogP contribution in [0.3, 0.4) is 0 Å². The van der Waals surface area contributed by atoms with Crippen molar-refractivity contribution in [1.29, 1.82) is 0 Å². The lowest BCUT2D eigenvalue weighted by atomic mass is 10.2. The molecule has 26 heavy (non-hydrogen) atoms. The lowest BCUT2D eigenvalue weighted by Crippen LogP contribution is -2.29. The average molecular weight is 404 g/mol. The quantitative estimate of drug-likeness (QED) is 0.727. The number of halogens is 2. The molecule has 1 saturated heterocycles. The Morgan fingerprint density at radius 3 is 2.92 bits per heavy atom. The minimum absolute atomic E-state index is 0. The van der Waals surface area contributed by atoms with Crippen molar-refractivity contribution in [2.45, 2.75) is 31.6 Å². The van der Waals surface area contributed by atoms with Crippen LogP contribution < -0.4 is 15.8 Å². The van der Waals surface area contributed by atoms with Crippen molar-refractivity contribution in [2.75, 3.05) is 18.5 Å². The molecule has 1 aromatic carbocycles. The number of carbonyl (C=O) groups excluding carboxylic acids is 1.